The van der Waals surface area contributed by atoms with Gasteiger partial charge in [0.05, 0.1) is 5.56 Å². The van der Waals surface area contributed by atoms with Crippen LogP contribution in [0.5, 0.6) is 5.75 Å². The molecule has 0 unspecified atom stereocenters. The van der Waals surface area contributed by atoms with Crippen LogP contribution in [0.15, 0.2) is 77.2 Å². The van der Waals surface area contributed by atoms with Gasteiger partial charge in [0, 0.05) is 10.8 Å². The van der Waals surface area contributed by atoms with Gasteiger partial charge in [-0.05, 0) is 36.4 Å². The third-order valence-electron chi connectivity index (χ3n) is 3.57. The Hall–Kier alpha value is -3.07. The molecule has 1 heterocycles. The Labute approximate surface area is 126 Å². The highest BCUT2D eigenvalue weighted by atomic mass is 16.5. The first-order valence-electron chi connectivity index (χ1n) is 7.00. The Morgan fingerprint density at radius 1 is 0.773 bits per heavy atom. The first-order chi connectivity index (χ1) is 10.8. The Kier molecular flexibility index (Phi) is 2.90. The second kappa shape index (κ2) is 5.04. The van der Waals surface area contributed by atoms with Gasteiger partial charge in [0.1, 0.15) is 16.9 Å². The van der Waals surface area contributed by atoms with Crippen molar-refractivity contribution < 1.29 is 13.9 Å². The van der Waals surface area contributed by atoms with Crippen molar-refractivity contribution in [1.29, 1.82) is 0 Å². The third-order valence-corrected chi connectivity index (χ3v) is 3.57. The number of rotatable bonds is 2. The summed E-state index contributed by atoms with van der Waals surface area (Å²) in [6.07, 6.45) is 0. The average molecular weight is 288 g/mol. The van der Waals surface area contributed by atoms with Gasteiger partial charge in [0.15, 0.2) is 0 Å². The van der Waals surface area contributed by atoms with E-state index in [9.17, 15) is 4.79 Å². The SMILES string of the molecule is O=C(Oc1ccc2oc3ccccc3c2c1)c1ccccc1. The molecule has 22 heavy (non-hydrogen) atoms. The summed E-state index contributed by atoms with van der Waals surface area (Å²) in [5.74, 6) is 0.139. The van der Waals surface area contributed by atoms with Gasteiger partial charge >= 0.3 is 5.97 Å². The molecule has 0 aliphatic rings. The molecule has 3 aromatic carbocycles. The average Bonchev–Trinajstić information content (AvgIpc) is 2.94. The van der Waals surface area contributed by atoms with Crippen molar-refractivity contribution in [1.82, 2.24) is 0 Å². The molecular weight excluding hydrogens is 276 g/mol. The summed E-state index contributed by atoms with van der Waals surface area (Å²) in [6, 6.07) is 22.1. The molecule has 4 rings (SSSR count). The number of ether oxygens (including phenoxy) is 1. The zero-order valence-electron chi connectivity index (χ0n) is 11.7. The lowest BCUT2D eigenvalue weighted by atomic mass is 10.1. The number of para-hydroxylation sites is 1. The van der Waals surface area contributed by atoms with Crippen LogP contribution in [-0.2, 0) is 0 Å². The minimum Gasteiger partial charge on any atom is -0.456 e. The van der Waals surface area contributed by atoms with Gasteiger partial charge < -0.3 is 9.15 Å². The standard InChI is InChI=1S/C19H12O3/c20-19(13-6-2-1-3-7-13)21-14-10-11-18-16(12-14)15-8-4-5-9-17(15)22-18/h1-12H. The van der Waals surface area contributed by atoms with Crippen molar-refractivity contribution >= 4 is 27.9 Å². The molecule has 3 heteroatoms. The Morgan fingerprint density at radius 3 is 2.36 bits per heavy atom. The van der Waals surface area contributed by atoms with E-state index in [-0.39, 0.29) is 5.97 Å². The van der Waals surface area contributed by atoms with Crippen LogP contribution in [0.1, 0.15) is 10.4 Å². The molecule has 0 amide bonds. The van der Waals surface area contributed by atoms with Crippen molar-refractivity contribution in [3.63, 3.8) is 0 Å². The van der Waals surface area contributed by atoms with Crippen LogP contribution in [0, 0.1) is 0 Å². The quantitative estimate of drug-likeness (QED) is 0.392. The molecule has 4 aromatic rings. The van der Waals surface area contributed by atoms with Gasteiger partial charge in [0.25, 0.3) is 0 Å². The molecule has 0 radical (unpaired) electrons. The van der Waals surface area contributed by atoms with E-state index >= 15 is 0 Å². The largest absolute Gasteiger partial charge is 0.456 e. The van der Waals surface area contributed by atoms with Crippen molar-refractivity contribution in [2.24, 2.45) is 0 Å². The summed E-state index contributed by atoms with van der Waals surface area (Å²) in [4.78, 5) is 12.1. The van der Waals surface area contributed by atoms with Crippen molar-refractivity contribution in [3.8, 4) is 5.75 Å². The normalized spacial score (nSPS) is 10.9. The minimum atomic E-state index is -0.368. The van der Waals surface area contributed by atoms with Crippen LogP contribution in [-0.4, -0.2) is 5.97 Å². The Bertz CT molecular complexity index is 968. The van der Waals surface area contributed by atoms with E-state index in [0.717, 1.165) is 21.9 Å². The highest BCUT2D eigenvalue weighted by Crippen LogP contribution is 2.31. The monoisotopic (exact) mass is 288 g/mol. The van der Waals surface area contributed by atoms with Gasteiger partial charge in [-0.1, -0.05) is 36.4 Å². The van der Waals surface area contributed by atoms with E-state index in [4.69, 9.17) is 9.15 Å². The maximum absolute atomic E-state index is 12.1. The first-order valence-corrected chi connectivity index (χ1v) is 7.00. The summed E-state index contributed by atoms with van der Waals surface area (Å²) < 4.78 is 11.2. The molecule has 0 aliphatic heterocycles. The topological polar surface area (TPSA) is 39.4 Å². The lowest BCUT2D eigenvalue weighted by Gasteiger charge is -2.04. The molecule has 0 aliphatic carbocycles. The van der Waals surface area contributed by atoms with E-state index < -0.39 is 0 Å². The molecule has 0 N–H and O–H groups in total. The number of carbonyl (C=O) groups is 1. The van der Waals surface area contributed by atoms with Crippen LogP contribution in [0.4, 0.5) is 0 Å². The molecule has 0 spiro atoms. The van der Waals surface area contributed by atoms with Gasteiger partial charge in [0.2, 0.25) is 0 Å². The van der Waals surface area contributed by atoms with Gasteiger partial charge in [-0.15, -0.1) is 0 Å². The zero-order valence-corrected chi connectivity index (χ0v) is 11.7. The second-order valence-electron chi connectivity index (χ2n) is 5.01. The fraction of sp³-hybridized carbons (Fsp3) is 0. The van der Waals surface area contributed by atoms with E-state index in [1.807, 2.05) is 54.6 Å². The van der Waals surface area contributed by atoms with Crippen molar-refractivity contribution in [2.75, 3.05) is 0 Å². The van der Waals surface area contributed by atoms with E-state index in [1.165, 1.54) is 0 Å². The van der Waals surface area contributed by atoms with E-state index in [1.54, 1.807) is 18.2 Å². The van der Waals surface area contributed by atoms with Crippen molar-refractivity contribution in [2.45, 2.75) is 0 Å². The first kappa shape index (κ1) is 12.7. The molecule has 0 fully saturated rings. The molecule has 1 aromatic heterocycles. The summed E-state index contributed by atoms with van der Waals surface area (Å²) in [7, 11) is 0. The number of esters is 1. The third kappa shape index (κ3) is 2.13. The number of carbonyl (C=O) groups excluding carboxylic acids is 1. The lowest BCUT2D eigenvalue weighted by Crippen LogP contribution is -2.07. The summed E-state index contributed by atoms with van der Waals surface area (Å²) in [6.45, 7) is 0. The number of hydrogen-bond donors (Lipinski definition) is 0. The Balaban J connectivity index is 1.73. The lowest BCUT2D eigenvalue weighted by molar-refractivity contribution is 0.0735. The molecule has 0 saturated heterocycles. The van der Waals surface area contributed by atoms with Crippen LogP contribution < -0.4 is 4.74 Å². The van der Waals surface area contributed by atoms with E-state index in [0.29, 0.717) is 11.3 Å². The fourth-order valence-electron chi connectivity index (χ4n) is 2.51. The van der Waals surface area contributed by atoms with Gasteiger partial charge in [-0.25, -0.2) is 4.79 Å². The molecule has 106 valence electrons. The van der Waals surface area contributed by atoms with Crippen LogP contribution in [0.2, 0.25) is 0 Å². The predicted molar refractivity (Wildman–Crippen MR) is 85.1 cm³/mol. The fourth-order valence-corrected chi connectivity index (χ4v) is 2.51. The molecule has 0 saturated carbocycles. The molecular formula is C19H12O3. The smallest absolute Gasteiger partial charge is 0.343 e. The maximum atomic E-state index is 12.1. The number of hydrogen-bond acceptors (Lipinski definition) is 3. The van der Waals surface area contributed by atoms with Crippen LogP contribution >= 0.6 is 0 Å². The Morgan fingerprint density at radius 2 is 1.50 bits per heavy atom. The van der Waals surface area contributed by atoms with E-state index in [2.05, 4.69) is 0 Å². The number of furan rings is 1. The highest BCUT2D eigenvalue weighted by molar-refractivity contribution is 6.05. The van der Waals surface area contributed by atoms with Gasteiger partial charge in [-0.2, -0.15) is 0 Å². The zero-order chi connectivity index (χ0) is 14.9. The van der Waals surface area contributed by atoms with Gasteiger partial charge in [-0.3, -0.25) is 0 Å². The van der Waals surface area contributed by atoms with Crippen LogP contribution in [0.3, 0.4) is 0 Å². The molecule has 3 nitrogen and oxygen atoms in total. The summed E-state index contributed by atoms with van der Waals surface area (Å²) in [5.41, 5.74) is 2.13. The maximum Gasteiger partial charge on any atom is 0.343 e. The molecule has 0 atom stereocenters. The summed E-state index contributed by atoms with van der Waals surface area (Å²) >= 11 is 0. The van der Waals surface area contributed by atoms with Crippen LogP contribution in [0.25, 0.3) is 21.9 Å². The molecule has 0 bridgehead atoms. The predicted octanol–water partition coefficient (Wildman–Crippen LogP) is 4.81. The highest BCUT2D eigenvalue weighted by Gasteiger charge is 2.11. The number of fused-ring (bicyclic) bond motifs is 3. The minimum absolute atomic E-state index is 0.368. The summed E-state index contributed by atoms with van der Waals surface area (Å²) in [5, 5.41) is 1.95. The number of benzene rings is 3. The van der Waals surface area contributed by atoms with Crippen molar-refractivity contribution in [3.05, 3.63) is 78.4 Å². The second-order valence-corrected chi connectivity index (χ2v) is 5.01.